The summed E-state index contributed by atoms with van der Waals surface area (Å²) in [6, 6.07) is 8.30. The molecular weight excluding hydrogens is 248 g/mol. The van der Waals surface area contributed by atoms with Gasteiger partial charge in [0.25, 0.3) is 0 Å². The largest absolute Gasteiger partial charge is 0.496 e. The highest BCUT2D eigenvalue weighted by molar-refractivity contribution is 6.78. The van der Waals surface area contributed by atoms with E-state index in [9.17, 15) is 0 Å². The average molecular weight is 274 g/mol. The minimum Gasteiger partial charge on any atom is -0.496 e. The first-order chi connectivity index (χ1) is 9.00. The van der Waals surface area contributed by atoms with Crippen molar-refractivity contribution in [3.63, 3.8) is 0 Å². The molecule has 0 saturated heterocycles. The smallest absolute Gasteiger partial charge is 0.122 e. The molecule has 1 unspecified atom stereocenters. The van der Waals surface area contributed by atoms with Crippen molar-refractivity contribution in [3.8, 4) is 17.6 Å². The van der Waals surface area contributed by atoms with Crippen LogP contribution < -0.4 is 4.74 Å². The first-order valence-corrected chi connectivity index (χ1v) is 10.7. The Morgan fingerprint density at radius 1 is 1.21 bits per heavy atom. The van der Waals surface area contributed by atoms with Gasteiger partial charge in [-0.1, -0.05) is 57.1 Å². The van der Waals surface area contributed by atoms with Crippen molar-refractivity contribution < 1.29 is 4.74 Å². The summed E-state index contributed by atoms with van der Waals surface area (Å²) in [4.78, 5) is 0. The van der Waals surface area contributed by atoms with Gasteiger partial charge in [0.2, 0.25) is 0 Å². The molecule has 0 saturated carbocycles. The predicted molar refractivity (Wildman–Crippen MR) is 86.4 cm³/mol. The van der Waals surface area contributed by atoms with E-state index in [4.69, 9.17) is 4.74 Å². The first-order valence-electron chi connectivity index (χ1n) is 7.12. The van der Waals surface area contributed by atoms with Crippen molar-refractivity contribution >= 4 is 8.07 Å². The summed E-state index contributed by atoms with van der Waals surface area (Å²) in [5.41, 5.74) is 1.61. The van der Waals surface area contributed by atoms with Gasteiger partial charge in [-0.2, -0.15) is 0 Å². The average Bonchev–Trinajstić information content (AvgIpc) is 2.37. The van der Waals surface area contributed by atoms with E-state index in [1.807, 2.05) is 12.1 Å². The molecule has 0 aliphatic heterocycles. The first kappa shape index (κ1) is 15.9. The van der Waals surface area contributed by atoms with Crippen LogP contribution in [0.5, 0.6) is 5.75 Å². The molecular formula is C17H26OSi. The van der Waals surface area contributed by atoms with E-state index in [1.165, 1.54) is 18.4 Å². The van der Waals surface area contributed by atoms with E-state index in [0.717, 1.165) is 12.2 Å². The molecule has 0 radical (unpaired) electrons. The second-order valence-electron chi connectivity index (χ2n) is 5.97. The second-order valence-corrected chi connectivity index (χ2v) is 11.3. The number of ether oxygens (including phenoxy) is 1. The van der Waals surface area contributed by atoms with Crippen LogP contribution in [0.25, 0.3) is 0 Å². The number of unbranched alkanes of at least 4 members (excludes halogenated alkanes) is 2. The van der Waals surface area contributed by atoms with Crippen LogP contribution in [0.4, 0.5) is 0 Å². The van der Waals surface area contributed by atoms with Gasteiger partial charge < -0.3 is 4.74 Å². The molecule has 2 heteroatoms. The highest BCUT2D eigenvalue weighted by Crippen LogP contribution is 2.32. The third kappa shape index (κ3) is 4.76. The van der Waals surface area contributed by atoms with Crippen LogP contribution in [0.3, 0.4) is 0 Å². The molecule has 1 aromatic rings. The van der Waals surface area contributed by atoms with E-state index in [1.54, 1.807) is 7.11 Å². The van der Waals surface area contributed by atoms with Crippen molar-refractivity contribution in [3.05, 3.63) is 29.8 Å². The van der Waals surface area contributed by atoms with Crippen LogP contribution in [0, 0.1) is 11.8 Å². The van der Waals surface area contributed by atoms with Gasteiger partial charge in [0, 0.05) is 17.5 Å². The van der Waals surface area contributed by atoms with Crippen molar-refractivity contribution in [1.29, 1.82) is 0 Å². The Morgan fingerprint density at radius 2 is 1.89 bits per heavy atom. The molecule has 1 nitrogen and oxygen atoms in total. The summed E-state index contributed by atoms with van der Waals surface area (Å²) < 4.78 is 5.50. The van der Waals surface area contributed by atoms with Gasteiger partial charge in [0.1, 0.15) is 5.75 Å². The van der Waals surface area contributed by atoms with Gasteiger partial charge in [-0.25, -0.2) is 0 Å². The number of hydrogen-bond acceptors (Lipinski definition) is 1. The molecule has 0 spiro atoms. The topological polar surface area (TPSA) is 9.23 Å². The predicted octanol–water partition coefficient (Wildman–Crippen LogP) is 4.85. The fourth-order valence-electron chi connectivity index (χ4n) is 2.11. The van der Waals surface area contributed by atoms with Gasteiger partial charge >= 0.3 is 0 Å². The highest BCUT2D eigenvalue weighted by Gasteiger charge is 2.28. The maximum atomic E-state index is 5.50. The number of rotatable bonds is 5. The Bertz CT molecular complexity index is 448. The zero-order chi connectivity index (χ0) is 14.3. The molecule has 104 valence electrons. The Morgan fingerprint density at radius 3 is 2.47 bits per heavy atom. The maximum Gasteiger partial charge on any atom is 0.122 e. The van der Waals surface area contributed by atoms with Crippen LogP contribution >= 0.6 is 0 Å². The zero-order valence-corrected chi connectivity index (χ0v) is 13.9. The van der Waals surface area contributed by atoms with Crippen LogP contribution in [0.1, 0.15) is 37.3 Å². The zero-order valence-electron chi connectivity index (χ0n) is 12.9. The monoisotopic (exact) mass is 274 g/mol. The van der Waals surface area contributed by atoms with Gasteiger partial charge in [0.05, 0.1) is 15.2 Å². The SMILES string of the molecule is CCCCC#CC(c1ccccc1OC)[Si](C)(C)C. The minimum atomic E-state index is -1.39. The summed E-state index contributed by atoms with van der Waals surface area (Å²) in [5.74, 6) is 7.86. The summed E-state index contributed by atoms with van der Waals surface area (Å²) in [5, 5.41) is 0. The molecule has 1 atom stereocenters. The van der Waals surface area contributed by atoms with E-state index in [0.29, 0.717) is 5.54 Å². The molecule has 0 amide bonds. The summed E-state index contributed by atoms with van der Waals surface area (Å²) in [7, 11) is 0.352. The van der Waals surface area contributed by atoms with Crippen LogP contribution in [0.2, 0.25) is 19.6 Å². The molecule has 19 heavy (non-hydrogen) atoms. The van der Waals surface area contributed by atoms with Gasteiger partial charge in [-0.05, 0) is 12.5 Å². The summed E-state index contributed by atoms with van der Waals surface area (Å²) >= 11 is 0. The number of benzene rings is 1. The lowest BCUT2D eigenvalue weighted by atomic mass is 10.1. The highest BCUT2D eigenvalue weighted by atomic mass is 28.3. The second kappa shape index (κ2) is 7.40. The lowest BCUT2D eigenvalue weighted by Crippen LogP contribution is -2.30. The van der Waals surface area contributed by atoms with Crippen molar-refractivity contribution in [1.82, 2.24) is 0 Å². The van der Waals surface area contributed by atoms with E-state index < -0.39 is 8.07 Å². The molecule has 0 aromatic heterocycles. The van der Waals surface area contributed by atoms with Gasteiger partial charge in [-0.15, -0.1) is 5.92 Å². The Labute approximate surface area is 119 Å². The molecule has 0 N–H and O–H groups in total. The molecule has 1 rings (SSSR count). The van der Waals surface area contributed by atoms with E-state index in [2.05, 4.69) is 50.5 Å². The molecule has 0 aliphatic rings. The third-order valence-corrected chi connectivity index (χ3v) is 5.41. The molecule has 0 bridgehead atoms. The quantitative estimate of drug-likeness (QED) is 0.424. The van der Waals surface area contributed by atoms with E-state index >= 15 is 0 Å². The Hall–Kier alpha value is -1.20. The van der Waals surface area contributed by atoms with Crippen LogP contribution in [0.15, 0.2) is 24.3 Å². The standard InChI is InChI=1S/C17H26OSi/c1-6-7-8-9-14-17(19(3,4)5)15-12-10-11-13-16(15)18-2/h10-13,17H,6-8H2,1-5H3. The van der Waals surface area contributed by atoms with Gasteiger partial charge in [-0.3, -0.25) is 0 Å². The van der Waals surface area contributed by atoms with Crippen LogP contribution in [-0.2, 0) is 0 Å². The van der Waals surface area contributed by atoms with Crippen molar-refractivity contribution in [2.45, 2.75) is 51.4 Å². The summed E-state index contributed by atoms with van der Waals surface area (Å²) in [6.45, 7) is 9.33. The third-order valence-electron chi connectivity index (χ3n) is 3.22. The maximum absolute atomic E-state index is 5.50. The number of para-hydroxylation sites is 1. The minimum absolute atomic E-state index is 0.348. The number of methoxy groups -OCH3 is 1. The molecule has 0 fully saturated rings. The molecule has 1 aromatic carbocycles. The lowest BCUT2D eigenvalue weighted by molar-refractivity contribution is 0.410. The Balaban J connectivity index is 3.06. The fourth-order valence-corrected chi connectivity index (χ4v) is 3.81. The normalized spacial score (nSPS) is 12.5. The van der Waals surface area contributed by atoms with Crippen molar-refractivity contribution in [2.24, 2.45) is 0 Å². The van der Waals surface area contributed by atoms with Crippen molar-refractivity contribution in [2.75, 3.05) is 7.11 Å². The van der Waals surface area contributed by atoms with Gasteiger partial charge in [0.15, 0.2) is 0 Å². The lowest BCUT2D eigenvalue weighted by Gasteiger charge is -2.26. The van der Waals surface area contributed by atoms with E-state index in [-0.39, 0.29) is 0 Å². The fraction of sp³-hybridized carbons (Fsp3) is 0.529. The molecule has 0 heterocycles. The molecule has 0 aliphatic carbocycles. The summed E-state index contributed by atoms with van der Waals surface area (Å²) in [6.07, 6.45) is 3.41. The Kier molecular flexibility index (Phi) is 6.18. The van der Waals surface area contributed by atoms with Crippen LogP contribution in [-0.4, -0.2) is 15.2 Å². The number of hydrogen-bond donors (Lipinski definition) is 0.